The third-order valence-corrected chi connectivity index (χ3v) is 5.45. The van der Waals surface area contributed by atoms with Gasteiger partial charge in [0.1, 0.15) is 5.75 Å². The number of amides is 2. The van der Waals surface area contributed by atoms with Gasteiger partial charge < -0.3 is 19.9 Å². The molecular formula is C23H27N3O3. The lowest BCUT2D eigenvalue weighted by Crippen LogP contribution is -2.37. The topological polar surface area (TPSA) is 61.9 Å². The minimum atomic E-state index is -0.0288. The van der Waals surface area contributed by atoms with Crippen LogP contribution < -0.4 is 15.0 Å². The number of nitrogens with zero attached hydrogens (tertiary/aromatic N) is 2. The zero-order chi connectivity index (χ0) is 20.1. The molecule has 2 heterocycles. The lowest BCUT2D eigenvalue weighted by molar-refractivity contribution is -0.119. The summed E-state index contributed by atoms with van der Waals surface area (Å²) in [7, 11) is 0. The number of anilines is 1. The van der Waals surface area contributed by atoms with Gasteiger partial charge in [-0.25, -0.2) is 0 Å². The number of fused-ring (bicyclic) bond motifs is 1. The number of carbonyl (C=O) groups excluding carboxylic acids is 2. The highest BCUT2D eigenvalue weighted by atomic mass is 16.5. The van der Waals surface area contributed by atoms with E-state index in [1.54, 1.807) is 0 Å². The molecule has 1 saturated heterocycles. The van der Waals surface area contributed by atoms with Crippen LogP contribution in [0.1, 0.15) is 35.2 Å². The van der Waals surface area contributed by atoms with Crippen LogP contribution in [0.15, 0.2) is 48.5 Å². The summed E-state index contributed by atoms with van der Waals surface area (Å²) in [5.41, 5.74) is 2.66. The number of benzene rings is 2. The molecule has 0 radical (unpaired) electrons. The number of para-hydroxylation sites is 2. The molecule has 0 aliphatic carbocycles. The number of nitrogens with one attached hydrogen (secondary N) is 1. The van der Waals surface area contributed by atoms with Crippen molar-refractivity contribution in [3.8, 4) is 5.75 Å². The van der Waals surface area contributed by atoms with Gasteiger partial charge in [0, 0.05) is 31.7 Å². The van der Waals surface area contributed by atoms with Crippen molar-refractivity contribution in [1.82, 2.24) is 10.2 Å². The molecule has 0 bridgehead atoms. The van der Waals surface area contributed by atoms with Crippen LogP contribution in [0.4, 0.5) is 5.69 Å². The Kier molecular flexibility index (Phi) is 5.98. The summed E-state index contributed by atoms with van der Waals surface area (Å²) < 4.78 is 5.75. The minimum absolute atomic E-state index is 0.0288. The van der Waals surface area contributed by atoms with E-state index >= 15 is 0 Å². The number of hydrogen-bond acceptors (Lipinski definition) is 4. The molecule has 0 unspecified atom stereocenters. The van der Waals surface area contributed by atoms with Crippen LogP contribution in [-0.2, 0) is 11.3 Å². The van der Waals surface area contributed by atoms with E-state index in [1.807, 2.05) is 53.4 Å². The van der Waals surface area contributed by atoms with Gasteiger partial charge in [-0.15, -0.1) is 0 Å². The first kappa shape index (κ1) is 19.3. The summed E-state index contributed by atoms with van der Waals surface area (Å²) in [5.74, 6) is 0.898. The highest BCUT2D eigenvalue weighted by Crippen LogP contribution is 2.30. The second-order valence-corrected chi connectivity index (χ2v) is 7.56. The molecule has 152 valence electrons. The maximum absolute atomic E-state index is 12.5. The van der Waals surface area contributed by atoms with Crippen LogP contribution in [0.2, 0.25) is 0 Å². The molecule has 0 saturated carbocycles. The van der Waals surface area contributed by atoms with Gasteiger partial charge in [-0.1, -0.05) is 24.3 Å². The summed E-state index contributed by atoms with van der Waals surface area (Å²) in [4.78, 5) is 28.9. The Balaban J connectivity index is 1.31. The van der Waals surface area contributed by atoms with E-state index < -0.39 is 0 Å². The second kappa shape index (κ2) is 8.99. The smallest absolute Gasteiger partial charge is 0.253 e. The number of likely N-dealkylation sites (tertiary alicyclic amines) is 1. The third kappa shape index (κ3) is 4.70. The average Bonchev–Trinajstić information content (AvgIpc) is 3.22. The van der Waals surface area contributed by atoms with Crippen LogP contribution >= 0.6 is 0 Å². The molecule has 0 spiro atoms. The van der Waals surface area contributed by atoms with Crippen LogP contribution in [0, 0.1) is 0 Å². The summed E-state index contributed by atoms with van der Waals surface area (Å²) in [6.45, 7) is 3.90. The molecule has 29 heavy (non-hydrogen) atoms. The molecule has 2 aliphatic rings. The van der Waals surface area contributed by atoms with Gasteiger partial charge in [-0.05, 0) is 49.1 Å². The Bertz CT molecular complexity index is 860. The van der Waals surface area contributed by atoms with Gasteiger partial charge in [-0.3, -0.25) is 9.59 Å². The van der Waals surface area contributed by atoms with Gasteiger partial charge in [0.25, 0.3) is 5.91 Å². The van der Waals surface area contributed by atoms with E-state index in [2.05, 4.69) is 10.2 Å². The number of rotatable bonds is 5. The molecule has 6 nitrogen and oxygen atoms in total. The van der Waals surface area contributed by atoms with Crippen molar-refractivity contribution in [1.29, 1.82) is 0 Å². The van der Waals surface area contributed by atoms with Crippen LogP contribution in [0.25, 0.3) is 0 Å². The molecule has 2 aliphatic heterocycles. The van der Waals surface area contributed by atoms with Crippen molar-refractivity contribution < 1.29 is 14.3 Å². The van der Waals surface area contributed by atoms with E-state index in [4.69, 9.17) is 4.74 Å². The first-order chi connectivity index (χ1) is 14.2. The maximum atomic E-state index is 12.5. The molecule has 2 aromatic rings. The van der Waals surface area contributed by atoms with Crippen LogP contribution in [0.3, 0.4) is 0 Å². The summed E-state index contributed by atoms with van der Waals surface area (Å²) in [6, 6.07) is 15.4. The molecular weight excluding hydrogens is 366 g/mol. The summed E-state index contributed by atoms with van der Waals surface area (Å²) in [6.07, 6.45) is 3.06. The fourth-order valence-corrected chi connectivity index (χ4v) is 3.86. The molecule has 2 aromatic carbocycles. The van der Waals surface area contributed by atoms with Gasteiger partial charge in [-0.2, -0.15) is 0 Å². The first-order valence-corrected chi connectivity index (χ1v) is 10.3. The number of ether oxygens (including phenoxy) is 1. The predicted octanol–water partition coefficient (Wildman–Crippen LogP) is 2.83. The molecule has 0 atom stereocenters. The quantitative estimate of drug-likeness (QED) is 0.849. The monoisotopic (exact) mass is 393 g/mol. The van der Waals surface area contributed by atoms with E-state index in [1.165, 1.54) is 0 Å². The highest BCUT2D eigenvalue weighted by Gasteiger charge is 2.20. The molecule has 1 N–H and O–H groups in total. The Morgan fingerprint density at radius 2 is 1.69 bits per heavy atom. The van der Waals surface area contributed by atoms with E-state index in [9.17, 15) is 9.59 Å². The Labute approximate surface area is 171 Å². The lowest BCUT2D eigenvalue weighted by atomic mass is 10.1. The van der Waals surface area contributed by atoms with Crippen molar-refractivity contribution >= 4 is 17.5 Å². The largest absolute Gasteiger partial charge is 0.491 e. The van der Waals surface area contributed by atoms with Crippen molar-refractivity contribution in [3.05, 3.63) is 59.7 Å². The minimum Gasteiger partial charge on any atom is -0.491 e. The zero-order valence-electron chi connectivity index (χ0n) is 16.6. The Hall–Kier alpha value is -3.02. The van der Waals surface area contributed by atoms with E-state index in [0.29, 0.717) is 25.3 Å². The van der Waals surface area contributed by atoms with Gasteiger partial charge in [0.05, 0.1) is 18.8 Å². The fraction of sp³-hybridized carbons (Fsp3) is 0.391. The Morgan fingerprint density at radius 1 is 0.931 bits per heavy atom. The Morgan fingerprint density at radius 3 is 2.48 bits per heavy atom. The SMILES string of the molecule is O=C(CN1CCCOc2ccccc21)NCc1ccc(C(=O)N2CCCC2)cc1. The molecule has 4 rings (SSSR count). The molecule has 1 fully saturated rings. The predicted molar refractivity (Wildman–Crippen MR) is 112 cm³/mol. The summed E-state index contributed by atoms with van der Waals surface area (Å²) in [5, 5.41) is 2.98. The standard InChI is InChI=1S/C23H27N3O3/c27-22(17-26-14-5-15-29-21-7-2-1-6-20(21)26)24-16-18-8-10-19(11-9-18)23(28)25-12-3-4-13-25/h1-2,6-11H,3-5,12-17H2,(H,24,27). The number of hydrogen-bond donors (Lipinski definition) is 1. The fourth-order valence-electron chi connectivity index (χ4n) is 3.86. The second-order valence-electron chi connectivity index (χ2n) is 7.56. The van der Waals surface area contributed by atoms with E-state index in [-0.39, 0.29) is 11.8 Å². The van der Waals surface area contributed by atoms with Crippen LogP contribution in [0.5, 0.6) is 5.75 Å². The summed E-state index contributed by atoms with van der Waals surface area (Å²) >= 11 is 0. The van der Waals surface area contributed by atoms with Crippen LogP contribution in [-0.4, -0.2) is 49.5 Å². The average molecular weight is 393 g/mol. The maximum Gasteiger partial charge on any atom is 0.253 e. The first-order valence-electron chi connectivity index (χ1n) is 10.3. The van der Waals surface area contributed by atoms with Gasteiger partial charge >= 0.3 is 0 Å². The van der Waals surface area contributed by atoms with Crippen molar-refractivity contribution in [2.75, 3.05) is 37.7 Å². The zero-order valence-corrected chi connectivity index (χ0v) is 16.6. The molecule has 6 heteroatoms. The van der Waals surface area contributed by atoms with E-state index in [0.717, 1.165) is 55.9 Å². The normalized spacial score (nSPS) is 16.0. The van der Waals surface area contributed by atoms with Crippen molar-refractivity contribution in [2.24, 2.45) is 0 Å². The van der Waals surface area contributed by atoms with Crippen molar-refractivity contribution in [2.45, 2.75) is 25.8 Å². The molecule has 0 aromatic heterocycles. The third-order valence-electron chi connectivity index (χ3n) is 5.45. The van der Waals surface area contributed by atoms with Crippen molar-refractivity contribution in [3.63, 3.8) is 0 Å². The number of carbonyl (C=O) groups is 2. The molecule has 2 amide bonds. The van der Waals surface area contributed by atoms with Gasteiger partial charge in [0.2, 0.25) is 5.91 Å². The van der Waals surface area contributed by atoms with Gasteiger partial charge in [0.15, 0.2) is 0 Å². The highest BCUT2D eigenvalue weighted by molar-refractivity contribution is 5.94. The lowest BCUT2D eigenvalue weighted by Gasteiger charge is -2.23.